The zero-order chi connectivity index (χ0) is 8.04. The van der Waals surface area contributed by atoms with Gasteiger partial charge in [-0.1, -0.05) is 6.92 Å². The molecule has 0 aromatic carbocycles. The number of hydrogen-bond donors (Lipinski definition) is 1. The van der Waals surface area contributed by atoms with Crippen molar-refractivity contribution in [2.45, 2.75) is 13.3 Å². The second kappa shape index (κ2) is 4.29. The summed E-state index contributed by atoms with van der Waals surface area (Å²) in [7, 11) is -3.62. The van der Waals surface area contributed by atoms with Crippen molar-refractivity contribution in [1.82, 2.24) is 0 Å². The Morgan fingerprint density at radius 3 is 2.60 bits per heavy atom. The molecule has 5 heteroatoms. The van der Waals surface area contributed by atoms with E-state index in [9.17, 15) is 8.42 Å². The lowest BCUT2D eigenvalue weighted by molar-refractivity contribution is 0.323. The lowest BCUT2D eigenvalue weighted by atomic mass is 10.5. The summed E-state index contributed by atoms with van der Waals surface area (Å²) in [5, 5.41) is 8.66. The van der Waals surface area contributed by atoms with Gasteiger partial charge in [0.15, 0.2) is 0 Å². The van der Waals surface area contributed by atoms with E-state index in [0.717, 1.165) is 0 Å². The van der Waals surface area contributed by atoms with Crippen LogP contribution in [-0.2, 0) is 14.3 Å². The highest BCUT2D eigenvalue weighted by molar-refractivity contribution is 7.89. The molecule has 0 aromatic heterocycles. The first-order valence-electron chi connectivity index (χ1n) is 2.82. The molecule has 0 bridgehead atoms. The SMILES string of the molecule is CCCOS(=O)(=O)C=CO. The van der Waals surface area contributed by atoms with Crippen molar-refractivity contribution in [3.8, 4) is 0 Å². The highest BCUT2D eigenvalue weighted by atomic mass is 32.2. The molecule has 1 N–H and O–H groups in total. The van der Waals surface area contributed by atoms with E-state index in [1.54, 1.807) is 6.92 Å². The number of aliphatic hydroxyl groups is 1. The highest BCUT2D eigenvalue weighted by Gasteiger charge is 2.03. The van der Waals surface area contributed by atoms with Crippen LogP contribution in [0.3, 0.4) is 0 Å². The molecular weight excluding hydrogens is 156 g/mol. The Balaban J connectivity index is 3.89. The smallest absolute Gasteiger partial charge is 0.293 e. The average Bonchev–Trinajstić information content (AvgIpc) is 1.84. The van der Waals surface area contributed by atoms with E-state index in [-0.39, 0.29) is 6.61 Å². The second-order valence-corrected chi connectivity index (χ2v) is 3.09. The van der Waals surface area contributed by atoms with Gasteiger partial charge in [-0.25, -0.2) is 0 Å². The van der Waals surface area contributed by atoms with Crippen molar-refractivity contribution in [3.63, 3.8) is 0 Å². The fourth-order valence-electron chi connectivity index (χ4n) is 0.313. The number of hydrogen-bond acceptors (Lipinski definition) is 4. The molecule has 0 saturated carbocycles. The third kappa shape index (κ3) is 4.34. The summed E-state index contributed by atoms with van der Waals surface area (Å²) < 4.78 is 25.4. The minimum Gasteiger partial charge on any atom is -0.515 e. The van der Waals surface area contributed by atoms with Gasteiger partial charge in [0, 0.05) is 0 Å². The standard InChI is InChI=1S/C5H10O4S/c1-2-4-9-10(7,8)5-3-6/h3,5-6H,2,4H2,1H3. The van der Waals surface area contributed by atoms with Gasteiger partial charge in [-0.05, 0) is 6.42 Å². The molecule has 0 fully saturated rings. The Hall–Kier alpha value is -0.550. The maximum atomic E-state index is 10.5. The summed E-state index contributed by atoms with van der Waals surface area (Å²) in [4.78, 5) is 0. The van der Waals surface area contributed by atoms with Crippen LogP contribution < -0.4 is 0 Å². The molecule has 0 saturated heterocycles. The molecule has 0 unspecified atom stereocenters. The van der Waals surface area contributed by atoms with Gasteiger partial charge in [-0.3, -0.25) is 4.18 Å². The Labute approximate surface area is 60.3 Å². The molecule has 0 spiro atoms. The third-order valence-electron chi connectivity index (χ3n) is 0.679. The van der Waals surface area contributed by atoms with Gasteiger partial charge in [-0.15, -0.1) is 0 Å². The molecule has 10 heavy (non-hydrogen) atoms. The van der Waals surface area contributed by atoms with Crippen molar-refractivity contribution in [2.24, 2.45) is 0 Å². The third-order valence-corrected chi connectivity index (χ3v) is 1.63. The summed E-state index contributed by atoms with van der Waals surface area (Å²) in [6.45, 7) is 1.94. The van der Waals surface area contributed by atoms with Crippen LogP contribution in [0.25, 0.3) is 0 Å². The molecule has 4 nitrogen and oxygen atoms in total. The van der Waals surface area contributed by atoms with Crippen LogP contribution in [0.5, 0.6) is 0 Å². The molecular formula is C5H10O4S. The van der Waals surface area contributed by atoms with Crippen LogP contribution in [0, 0.1) is 0 Å². The maximum absolute atomic E-state index is 10.5. The van der Waals surface area contributed by atoms with E-state index < -0.39 is 10.1 Å². The van der Waals surface area contributed by atoms with E-state index in [0.29, 0.717) is 18.1 Å². The van der Waals surface area contributed by atoms with Gasteiger partial charge in [0.25, 0.3) is 10.1 Å². The van der Waals surface area contributed by atoms with Crippen molar-refractivity contribution < 1.29 is 17.7 Å². The Bertz CT molecular complexity index is 192. The molecule has 60 valence electrons. The van der Waals surface area contributed by atoms with E-state index in [4.69, 9.17) is 5.11 Å². The lowest BCUT2D eigenvalue weighted by Crippen LogP contribution is -2.02. The van der Waals surface area contributed by atoms with Crippen molar-refractivity contribution in [1.29, 1.82) is 0 Å². The van der Waals surface area contributed by atoms with Gasteiger partial charge >= 0.3 is 0 Å². The summed E-state index contributed by atoms with van der Waals surface area (Å²) in [6.07, 6.45) is 1.06. The summed E-state index contributed by atoms with van der Waals surface area (Å²) >= 11 is 0. The molecule has 0 aliphatic carbocycles. The minimum absolute atomic E-state index is 0.146. The largest absolute Gasteiger partial charge is 0.515 e. The van der Waals surface area contributed by atoms with Crippen LogP contribution in [0.1, 0.15) is 13.3 Å². The zero-order valence-corrected chi connectivity index (χ0v) is 6.47. The molecule has 0 heterocycles. The lowest BCUT2D eigenvalue weighted by Gasteiger charge is -1.95. The molecule has 0 aliphatic heterocycles. The first-order valence-corrected chi connectivity index (χ1v) is 4.29. The van der Waals surface area contributed by atoms with Crippen LogP contribution in [0.15, 0.2) is 11.7 Å². The van der Waals surface area contributed by atoms with Gasteiger partial charge in [0.1, 0.15) is 0 Å². The first kappa shape index (κ1) is 9.45. The zero-order valence-electron chi connectivity index (χ0n) is 5.65. The molecule has 0 amide bonds. The summed E-state index contributed by atoms with van der Waals surface area (Å²) in [5.74, 6) is 0. The summed E-state index contributed by atoms with van der Waals surface area (Å²) in [6, 6.07) is 0. The van der Waals surface area contributed by atoms with Gasteiger partial charge in [0.05, 0.1) is 18.3 Å². The normalized spacial score (nSPS) is 12.5. The minimum atomic E-state index is -3.62. The van der Waals surface area contributed by atoms with Crippen molar-refractivity contribution >= 4 is 10.1 Å². The number of aliphatic hydroxyl groups excluding tert-OH is 1. The maximum Gasteiger partial charge on any atom is 0.293 e. The summed E-state index contributed by atoms with van der Waals surface area (Å²) in [5.41, 5.74) is 0. The van der Waals surface area contributed by atoms with Crippen LogP contribution in [0.4, 0.5) is 0 Å². The predicted molar refractivity (Wildman–Crippen MR) is 36.9 cm³/mol. The van der Waals surface area contributed by atoms with E-state index in [1.807, 2.05) is 0 Å². The number of rotatable bonds is 4. The average molecular weight is 166 g/mol. The Morgan fingerprint density at radius 1 is 1.60 bits per heavy atom. The monoisotopic (exact) mass is 166 g/mol. The van der Waals surface area contributed by atoms with Gasteiger partial charge in [0.2, 0.25) is 0 Å². The van der Waals surface area contributed by atoms with Crippen molar-refractivity contribution in [3.05, 3.63) is 11.7 Å². The van der Waals surface area contributed by atoms with Crippen LogP contribution in [0.2, 0.25) is 0 Å². The highest BCUT2D eigenvalue weighted by Crippen LogP contribution is 1.94. The molecule has 0 atom stereocenters. The van der Waals surface area contributed by atoms with E-state index >= 15 is 0 Å². The van der Waals surface area contributed by atoms with E-state index in [1.165, 1.54) is 0 Å². The Kier molecular flexibility index (Phi) is 4.06. The quantitative estimate of drug-likeness (QED) is 0.495. The van der Waals surface area contributed by atoms with Crippen LogP contribution in [-0.4, -0.2) is 20.1 Å². The topological polar surface area (TPSA) is 63.6 Å². The van der Waals surface area contributed by atoms with Crippen LogP contribution >= 0.6 is 0 Å². The predicted octanol–water partition coefficient (Wildman–Crippen LogP) is 0.772. The molecule has 0 radical (unpaired) electrons. The molecule has 0 aromatic rings. The Morgan fingerprint density at radius 2 is 2.20 bits per heavy atom. The molecule has 0 aliphatic rings. The molecule has 0 rings (SSSR count). The van der Waals surface area contributed by atoms with Gasteiger partial charge in [-0.2, -0.15) is 8.42 Å². The first-order chi connectivity index (χ1) is 4.62. The fraction of sp³-hybridized carbons (Fsp3) is 0.600. The fourth-order valence-corrected chi connectivity index (χ4v) is 0.940. The van der Waals surface area contributed by atoms with E-state index in [2.05, 4.69) is 4.18 Å². The van der Waals surface area contributed by atoms with Gasteiger partial charge < -0.3 is 5.11 Å². The van der Waals surface area contributed by atoms with Crippen molar-refractivity contribution in [2.75, 3.05) is 6.61 Å². The second-order valence-electron chi connectivity index (χ2n) is 1.60.